The molecule has 0 aliphatic heterocycles. The number of carbonyl (C=O) groups is 1. The van der Waals surface area contributed by atoms with E-state index in [9.17, 15) is 4.79 Å². The molecule has 146 valence electrons. The molecule has 3 N–H and O–H groups in total. The molecule has 0 saturated heterocycles. The maximum Gasteiger partial charge on any atom is 0.251 e. The predicted molar refractivity (Wildman–Crippen MR) is 105 cm³/mol. The largest absolute Gasteiger partial charge is 0.497 e. The van der Waals surface area contributed by atoms with Gasteiger partial charge in [0.25, 0.3) is 5.91 Å². The number of nitrogens with zero attached hydrogens (tertiary/aromatic N) is 1. The van der Waals surface area contributed by atoms with Gasteiger partial charge in [-0.05, 0) is 29.7 Å². The summed E-state index contributed by atoms with van der Waals surface area (Å²) in [6.45, 7) is 8.10. The quantitative estimate of drug-likeness (QED) is 0.371. The Morgan fingerprint density at radius 3 is 2.19 bits per heavy atom. The van der Waals surface area contributed by atoms with Crippen molar-refractivity contribution in [3.63, 3.8) is 0 Å². The Morgan fingerprint density at radius 2 is 1.69 bits per heavy atom. The molecule has 0 aliphatic rings. The molecule has 26 heavy (non-hydrogen) atoms. The van der Waals surface area contributed by atoms with Crippen molar-refractivity contribution in [2.75, 3.05) is 40.9 Å². The highest BCUT2D eigenvalue weighted by Gasteiger charge is 2.24. The average Bonchev–Trinajstić information content (AvgIpc) is 2.62. The Morgan fingerprint density at radius 1 is 1.08 bits per heavy atom. The Kier molecular flexibility index (Phi) is 8.92. The highest BCUT2D eigenvalue weighted by molar-refractivity contribution is 5.94. The molecule has 0 bridgehead atoms. The fourth-order valence-corrected chi connectivity index (χ4v) is 2.35. The SMILES string of the molecule is CN=C(NCCNC(=O)c1ccc(OC)cc1)NCC(OC)C(C)(C)C. The molecule has 0 aliphatic carbocycles. The van der Waals surface area contributed by atoms with E-state index in [1.807, 2.05) is 0 Å². The van der Waals surface area contributed by atoms with Gasteiger partial charge < -0.3 is 25.4 Å². The van der Waals surface area contributed by atoms with Crippen molar-refractivity contribution in [3.05, 3.63) is 29.8 Å². The average molecular weight is 364 g/mol. The Labute approximate surface area is 156 Å². The summed E-state index contributed by atoms with van der Waals surface area (Å²) in [6.07, 6.45) is 0.0656. The van der Waals surface area contributed by atoms with Crippen LogP contribution in [0.3, 0.4) is 0 Å². The lowest BCUT2D eigenvalue weighted by Crippen LogP contribution is -2.46. The third-order valence-corrected chi connectivity index (χ3v) is 3.98. The Bertz CT molecular complexity index is 579. The van der Waals surface area contributed by atoms with Gasteiger partial charge in [0.05, 0.1) is 13.2 Å². The van der Waals surface area contributed by atoms with Crippen LogP contribution >= 0.6 is 0 Å². The smallest absolute Gasteiger partial charge is 0.251 e. The van der Waals surface area contributed by atoms with Crippen LogP contribution in [-0.4, -0.2) is 58.9 Å². The lowest BCUT2D eigenvalue weighted by Gasteiger charge is -2.30. The van der Waals surface area contributed by atoms with Crippen LogP contribution in [0.5, 0.6) is 5.75 Å². The number of hydrogen-bond acceptors (Lipinski definition) is 4. The minimum Gasteiger partial charge on any atom is -0.497 e. The van der Waals surface area contributed by atoms with Gasteiger partial charge in [-0.1, -0.05) is 20.8 Å². The van der Waals surface area contributed by atoms with Crippen LogP contribution in [-0.2, 0) is 4.74 Å². The molecule has 1 rings (SSSR count). The molecule has 1 unspecified atom stereocenters. The summed E-state index contributed by atoms with van der Waals surface area (Å²) < 4.78 is 10.6. The van der Waals surface area contributed by atoms with Crippen molar-refractivity contribution in [3.8, 4) is 5.75 Å². The third kappa shape index (κ3) is 7.31. The van der Waals surface area contributed by atoms with Gasteiger partial charge in [0.15, 0.2) is 5.96 Å². The molecule has 7 nitrogen and oxygen atoms in total. The molecule has 1 amide bonds. The maximum absolute atomic E-state index is 12.1. The molecule has 7 heteroatoms. The highest BCUT2D eigenvalue weighted by Crippen LogP contribution is 2.20. The van der Waals surface area contributed by atoms with Gasteiger partial charge in [-0.25, -0.2) is 0 Å². The van der Waals surface area contributed by atoms with E-state index < -0.39 is 0 Å². The van der Waals surface area contributed by atoms with E-state index in [1.165, 1.54) is 0 Å². The Balaban J connectivity index is 2.35. The number of methoxy groups -OCH3 is 2. The monoisotopic (exact) mass is 364 g/mol. The van der Waals surface area contributed by atoms with E-state index in [0.29, 0.717) is 31.2 Å². The zero-order valence-corrected chi connectivity index (χ0v) is 16.7. The number of nitrogens with one attached hydrogen (secondary N) is 3. The first-order chi connectivity index (χ1) is 12.3. The van der Waals surface area contributed by atoms with Crippen LogP contribution in [0.2, 0.25) is 0 Å². The van der Waals surface area contributed by atoms with E-state index >= 15 is 0 Å². The molecule has 1 aromatic carbocycles. The van der Waals surface area contributed by atoms with Gasteiger partial charge in [0.1, 0.15) is 5.75 Å². The molecule has 0 radical (unpaired) electrons. The molecule has 1 atom stereocenters. The number of rotatable bonds is 8. The lowest BCUT2D eigenvalue weighted by molar-refractivity contribution is 0.0205. The van der Waals surface area contributed by atoms with E-state index in [-0.39, 0.29) is 17.4 Å². The second-order valence-electron chi connectivity index (χ2n) is 6.95. The summed E-state index contributed by atoms with van der Waals surface area (Å²) >= 11 is 0. The van der Waals surface area contributed by atoms with Crippen LogP contribution < -0.4 is 20.7 Å². The van der Waals surface area contributed by atoms with Crippen molar-refractivity contribution in [2.24, 2.45) is 10.4 Å². The molecule has 0 saturated carbocycles. The van der Waals surface area contributed by atoms with Crippen molar-refractivity contribution in [2.45, 2.75) is 26.9 Å². The summed E-state index contributed by atoms with van der Waals surface area (Å²) in [6, 6.07) is 7.00. The van der Waals surface area contributed by atoms with E-state index in [2.05, 4.69) is 41.7 Å². The number of hydrogen-bond donors (Lipinski definition) is 3. The molecular formula is C19H32N4O3. The Hall–Kier alpha value is -2.28. The van der Waals surface area contributed by atoms with Crippen LogP contribution in [0.15, 0.2) is 29.3 Å². The summed E-state index contributed by atoms with van der Waals surface area (Å²) in [4.78, 5) is 16.3. The lowest BCUT2D eigenvalue weighted by atomic mass is 9.89. The standard InChI is InChI=1S/C19H32N4O3/c1-19(2,3)16(26-6)13-23-18(20-4)22-12-11-21-17(24)14-7-9-15(25-5)10-8-14/h7-10,16H,11-13H2,1-6H3,(H,21,24)(H2,20,22,23). The first-order valence-corrected chi connectivity index (χ1v) is 8.71. The van der Waals surface area contributed by atoms with Crippen molar-refractivity contribution >= 4 is 11.9 Å². The van der Waals surface area contributed by atoms with Crippen LogP contribution in [0.4, 0.5) is 0 Å². The number of guanidine groups is 1. The van der Waals surface area contributed by atoms with Crippen LogP contribution in [0.25, 0.3) is 0 Å². The van der Waals surface area contributed by atoms with Crippen molar-refractivity contribution in [1.29, 1.82) is 0 Å². The second-order valence-corrected chi connectivity index (χ2v) is 6.95. The van der Waals surface area contributed by atoms with Gasteiger partial charge >= 0.3 is 0 Å². The van der Waals surface area contributed by atoms with Crippen molar-refractivity contribution < 1.29 is 14.3 Å². The van der Waals surface area contributed by atoms with E-state index in [4.69, 9.17) is 9.47 Å². The first kappa shape index (κ1) is 21.8. The van der Waals surface area contributed by atoms with Crippen molar-refractivity contribution in [1.82, 2.24) is 16.0 Å². The van der Waals surface area contributed by atoms with Gasteiger partial charge in [-0.2, -0.15) is 0 Å². The minimum atomic E-state index is -0.121. The molecule has 1 aromatic rings. The molecule has 0 heterocycles. The molecule has 0 spiro atoms. The molecule has 0 fully saturated rings. The van der Waals surface area contributed by atoms with Gasteiger partial charge in [0.2, 0.25) is 0 Å². The number of carbonyl (C=O) groups excluding carboxylic acids is 1. The number of amides is 1. The van der Waals surface area contributed by atoms with Gasteiger partial charge in [-0.3, -0.25) is 9.79 Å². The summed E-state index contributed by atoms with van der Waals surface area (Å²) in [7, 11) is 5.02. The summed E-state index contributed by atoms with van der Waals surface area (Å²) in [5.74, 6) is 1.28. The molecule has 0 aromatic heterocycles. The zero-order chi connectivity index (χ0) is 19.6. The predicted octanol–water partition coefficient (Wildman–Crippen LogP) is 1.65. The van der Waals surface area contributed by atoms with E-state index in [0.717, 1.165) is 5.75 Å². The maximum atomic E-state index is 12.1. The summed E-state index contributed by atoms with van der Waals surface area (Å²) in [5.41, 5.74) is 0.633. The van der Waals surface area contributed by atoms with Crippen LogP contribution in [0.1, 0.15) is 31.1 Å². The highest BCUT2D eigenvalue weighted by atomic mass is 16.5. The van der Waals surface area contributed by atoms with Gasteiger partial charge in [-0.15, -0.1) is 0 Å². The van der Waals surface area contributed by atoms with E-state index in [1.54, 1.807) is 45.5 Å². The fourth-order valence-electron chi connectivity index (χ4n) is 2.35. The third-order valence-electron chi connectivity index (χ3n) is 3.98. The van der Waals surface area contributed by atoms with Crippen LogP contribution in [0, 0.1) is 5.41 Å². The second kappa shape index (κ2) is 10.7. The minimum absolute atomic E-state index is 0.0347. The van der Waals surface area contributed by atoms with Gasteiger partial charge in [0, 0.05) is 39.4 Å². The number of ether oxygens (including phenoxy) is 2. The first-order valence-electron chi connectivity index (χ1n) is 8.71. The topological polar surface area (TPSA) is 84.0 Å². The number of benzene rings is 1. The normalized spacial score (nSPS) is 13.1. The molecular weight excluding hydrogens is 332 g/mol. The fraction of sp³-hybridized carbons (Fsp3) is 0.579. The zero-order valence-electron chi connectivity index (χ0n) is 16.7. The number of aliphatic imine (C=N–C) groups is 1. The summed E-state index contributed by atoms with van der Waals surface area (Å²) in [5, 5.41) is 9.29.